The Hall–Kier alpha value is -0.670. The number of carbonyl (C=O) groups excluding carboxylic acids is 1. The van der Waals surface area contributed by atoms with Gasteiger partial charge in [-0.3, -0.25) is 4.79 Å². The standard InChI is InChI=1S/C11H14O3/c12-10-5-4-8-2-1-3-9(10)11(8)13-6-7-14-11/h4-5,8-9H,1-3,6-7H2. The van der Waals surface area contributed by atoms with Gasteiger partial charge in [0.2, 0.25) is 0 Å². The number of allylic oxidation sites excluding steroid dienone is 1. The lowest BCUT2D eigenvalue weighted by atomic mass is 9.70. The highest BCUT2D eigenvalue weighted by atomic mass is 16.7. The van der Waals surface area contributed by atoms with E-state index in [1.807, 2.05) is 6.08 Å². The SMILES string of the molecule is O=C1C=CC2CCCC1C21OCCO1. The Balaban J connectivity index is 2.03. The Labute approximate surface area is 83.1 Å². The van der Waals surface area contributed by atoms with Crippen molar-refractivity contribution in [3.63, 3.8) is 0 Å². The molecule has 2 fully saturated rings. The first-order valence-corrected chi connectivity index (χ1v) is 5.33. The molecule has 0 aromatic heterocycles. The Morgan fingerprint density at radius 2 is 2.07 bits per heavy atom. The highest BCUT2D eigenvalue weighted by Crippen LogP contribution is 2.47. The minimum absolute atomic E-state index is 0.0475. The van der Waals surface area contributed by atoms with Gasteiger partial charge in [0.15, 0.2) is 11.6 Å². The van der Waals surface area contributed by atoms with Gasteiger partial charge >= 0.3 is 0 Å². The van der Waals surface area contributed by atoms with E-state index in [1.54, 1.807) is 6.08 Å². The maximum atomic E-state index is 11.7. The minimum Gasteiger partial charge on any atom is -0.346 e. The van der Waals surface area contributed by atoms with Crippen molar-refractivity contribution < 1.29 is 14.3 Å². The molecule has 3 nitrogen and oxygen atoms in total. The van der Waals surface area contributed by atoms with Crippen LogP contribution in [-0.4, -0.2) is 24.8 Å². The monoisotopic (exact) mass is 194 g/mol. The predicted octanol–water partition coefficient (Wildman–Crippen LogP) is 1.28. The summed E-state index contributed by atoms with van der Waals surface area (Å²) < 4.78 is 11.4. The van der Waals surface area contributed by atoms with E-state index >= 15 is 0 Å². The molecule has 1 spiro atoms. The molecule has 0 amide bonds. The van der Waals surface area contributed by atoms with E-state index in [1.165, 1.54) is 0 Å². The molecule has 1 aliphatic heterocycles. The Kier molecular flexibility index (Phi) is 1.79. The van der Waals surface area contributed by atoms with E-state index in [-0.39, 0.29) is 11.7 Å². The minimum atomic E-state index is -0.579. The average Bonchev–Trinajstić information content (AvgIpc) is 2.62. The van der Waals surface area contributed by atoms with Gasteiger partial charge in [0.25, 0.3) is 0 Å². The van der Waals surface area contributed by atoms with E-state index in [9.17, 15) is 4.79 Å². The lowest BCUT2D eigenvalue weighted by Crippen LogP contribution is -2.53. The normalized spacial score (nSPS) is 39.3. The van der Waals surface area contributed by atoms with Gasteiger partial charge in [-0.25, -0.2) is 0 Å². The zero-order valence-electron chi connectivity index (χ0n) is 8.07. The number of ketones is 1. The summed E-state index contributed by atoms with van der Waals surface area (Å²) in [6, 6.07) is 0. The molecule has 0 aromatic carbocycles. The largest absolute Gasteiger partial charge is 0.346 e. The molecule has 1 heterocycles. The molecule has 2 unspecified atom stereocenters. The summed E-state index contributed by atoms with van der Waals surface area (Å²) in [5.41, 5.74) is 0. The second-order valence-corrected chi connectivity index (χ2v) is 4.27. The van der Waals surface area contributed by atoms with Gasteiger partial charge in [-0.1, -0.05) is 12.5 Å². The maximum Gasteiger partial charge on any atom is 0.184 e. The van der Waals surface area contributed by atoms with Gasteiger partial charge in [-0.15, -0.1) is 0 Å². The summed E-state index contributed by atoms with van der Waals surface area (Å²) >= 11 is 0. The molecule has 1 saturated carbocycles. The van der Waals surface area contributed by atoms with Crippen molar-refractivity contribution in [2.45, 2.75) is 25.0 Å². The third-order valence-electron chi connectivity index (χ3n) is 3.59. The summed E-state index contributed by atoms with van der Waals surface area (Å²) in [4.78, 5) is 11.7. The van der Waals surface area contributed by atoms with Crippen LogP contribution in [-0.2, 0) is 14.3 Å². The third kappa shape index (κ3) is 0.969. The lowest BCUT2D eigenvalue weighted by molar-refractivity contribution is -0.232. The number of carbonyl (C=O) groups is 1. The number of ether oxygens (including phenoxy) is 2. The van der Waals surface area contributed by atoms with Crippen molar-refractivity contribution in [2.24, 2.45) is 11.8 Å². The van der Waals surface area contributed by atoms with Crippen LogP contribution in [0.3, 0.4) is 0 Å². The fraction of sp³-hybridized carbons (Fsp3) is 0.727. The molecule has 2 atom stereocenters. The van der Waals surface area contributed by atoms with E-state index in [4.69, 9.17) is 9.47 Å². The van der Waals surface area contributed by atoms with E-state index in [2.05, 4.69) is 0 Å². The Morgan fingerprint density at radius 1 is 1.29 bits per heavy atom. The lowest BCUT2D eigenvalue weighted by Gasteiger charge is -2.45. The summed E-state index contributed by atoms with van der Waals surface area (Å²) in [6.07, 6.45) is 6.80. The molecule has 3 rings (SSSR count). The van der Waals surface area contributed by atoms with Crippen LogP contribution in [0.4, 0.5) is 0 Å². The molecule has 76 valence electrons. The fourth-order valence-corrected chi connectivity index (χ4v) is 2.96. The van der Waals surface area contributed by atoms with Gasteiger partial charge in [0.1, 0.15) is 0 Å². The van der Waals surface area contributed by atoms with Crippen molar-refractivity contribution in [3.05, 3.63) is 12.2 Å². The molecule has 0 radical (unpaired) electrons. The number of rotatable bonds is 0. The second-order valence-electron chi connectivity index (χ2n) is 4.27. The molecular formula is C11H14O3. The molecule has 2 bridgehead atoms. The van der Waals surface area contributed by atoms with Crippen molar-refractivity contribution in [2.75, 3.05) is 13.2 Å². The number of hydrogen-bond acceptors (Lipinski definition) is 3. The van der Waals surface area contributed by atoms with Gasteiger partial charge in [0, 0.05) is 5.92 Å². The molecular weight excluding hydrogens is 180 g/mol. The molecule has 14 heavy (non-hydrogen) atoms. The van der Waals surface area contributed by atoms with Crippen LogP contribution in [0.15, 0.2) is 12.2 Å². The molecule has 2 aliphatic carbocycles. The topological polar surface area (TPSA) is 35.5 Å². The fourth-order valence-electron chi connectivity index (χ4n) is 2.96. The first kappa shape index (κ1) is 8.62. The predicted molar refractivity (Wildman–Crippen MR) is 49.6 cm³/mol. The molecule has 3 heteroatoms. The van der Waals surface area contributed by atoms with Crippen molar-refractivity contribution >= 4 is 5.78 Å². The van der Waals surface area contributed by atoms with Crippen LogP contribution < -0.4 is 0 Å². The molecule has 1 saturated heterocycles. The van der Waals surface area contributed by atoms with Crippen LogP contribution in [0.5, 0.6) is 0 Å². The van der Waals surface area contributed by atoms with Crippen LogP contribution in [0, 0.1) is 11.8 Å². The van der Waals surface area contributed by atoms with E-state index in [0.29, 0.717) is 19.1 Å². The highest BCUT2D eigenvalue weighted by Gasteiger charge is 2.55. The zero-order valence-corrected chi connectivity index (χ0v) is 8.07. The average molecular weight is 194 g/mol. The molecule has 0 N–H and O–H groups in total. The summed E-state index contributed by atoms with van der Waals surface area (Å²) in [5.74, 6) is -0.151. The Bertz CT molecular complexity index is 289. The molecule has 3 aliphatic rings. The molecule has 0 aromatic rings. The van der Waals surface area contributed by atoms with Gasteiger partial charge < -0.3 is 9.47 Å². The van der Waals surface area contributed by atoms with Crippen LogP contribution in [0.25, 0.3) is 0 Å². The Morgan fingerprint density at radius 3 is 2.86 bits per heavy atom. The maximum absolute atomic E-state index is 11.7. The van der Waals surface area contributed by atoms with Gasteiger partial charge in [0.05, 0.1) is 19.1 Å². The van der Waals surface area contributed by atoms with Crippen LogP contribution in [0.1, 0.15) is 19.3 Å². The highest BCUT2D eigenvalue weighted by molar-refractivity contribution is 5.93. The van der Waals surface area contributed by atoms with Crippen molar-refractivity contribution in [1.29, 1.82) is 0 Å². The van der Waals surface area contributed by atoms with Crippen LogP contribution >= 0.6 is 0 Å². The first-order chi connectivity index (χ1) is 6.83. The van der Waals surface area contributed by atoms with Crippen LogP contribution in [0.2, 0.25) is 0 Å². The summed E-state index contributed by atoms with van der Waals surface area (Å²) in [5, 5.41) is 0. The van der Waals surface area contributed by atoms with E-state index < -0.39 is 5.79 Å². The van der Waals surface area contributed by atoms with E-state index in [0.717, 1.165) is 19.3 Å². The summed E-state index contributed by atoms with van der Waals surface area (Å²) in [6.45, 7) is 1.27. The second kappa shape index (κ2) is 2.91. The van der Waals surface area contributed by atoms with Gasteiger partial charge in [-0.05, 0) is 18.9 Å². The van der Waals surface area contributed by atoms with Crippen molar-refractivity contribution in [3.8, 4) is 0 Å². The quantitative estimate of drug-likeness (QED) is 0.582. The number of hydrogen-bond donors (Lipinski definition) is 0. The smallest absolute Gasteiger partial charge is 0.184 e. The summed E-state index contributed by atoms with van der Waals surface area (Å²) in [7, 11) is 0. The first-order valence-electron chi connectivity index (χ1n) is 5.33. The third-order valence-corrected chi connectivity index (χ3v) is 3.59. The van der Waals surface area contributed by atoms with Gasteiger partial charge in [-0.2, -0.15) is 0 Å². The zero-order chi connectivity index (χ0) is 9.60. The van der Waals surface area contributed by atoms with Crippen molar-refractivity contribution in [1.82, 2.24) is 0 Å².